The SMILES string of the molecule is CCn1cnnc1CNC(=O)c1ccnc(CN)c1. The fraction of sp³-hybridized carbons (Fsp3) is 0.333. The van der Waals surface area contributed by atoms with Gasteiger partial charge in [0, 0.05) is 24.8 Å². The van der Waals surface area contributed by atoms with Crippen molar-refractivity contribution in [3.05, 3.63) is 41.7 Å². The Bertz CT molecular complexity index is 565. The lowest BCUT2D eigenvalue weighted by atomic mass is 10.2. The summed E-state index contributed by atoms with van der Waals surface area (Å²) in [6.45, 7) is 3.41. The Morgan fingerprint density at radius 1 is 1.53 bits per heavy atom. The van der Waals surface area contributed by atoms with E-state index in [-0.39, 0.29) is 5.91 Å². The molecular weight excluding hydrogens is 244 g/mol. The average Bonchev–Trinajstić information content (AvgIpc) is 2.92. The van der Waals surface area contributed by atoms with Gasteiger partial charge in [-0.3, -0.25) is 9.78 Å². The number of amides is 1. The van der Waals surface area contributed by atoms with Crippen LogP contribution in [0.4, 0.5) is 0 Å². The molecule has 0 atom stereocenters. The summed E-state index contributed by atoms with van der Waals surface area (Å²) in [5.41, 5.74) is 6.72. The molecule has 0 saturated carbocycles. The summed E-state index contributed by atoms with van der Waals surface area (Å²) in [7, 11) is 0. The predicted molar refractivity (Wildman–Crippen MR) is 69.0 cm³/mol. The number of rotatable bonds is 5. The van der Waals surface area contributed by atoms with Gasteiger partial charge in [0.1, 0.15) is 6.33 Å². The van der Waals surface area contributed by atoms with Crippen LogP contribution in [0.15, 0.2) is 24.7 Å². The minimum atomic E-state index is -0.178. The van der Waals surface area contributed by atoms with Gasteiger partial charge in [-0.1, -0.05) is 0 Å². The zero-order chi connectivity index (χ0) is 13.7. The Morgan fingerprint density at radius 2 is 2.37 bits per heavy atom. The maximum atomic E-state index is 12.0. The quantitative estimate of drug-likeness (QED) is 0.793. The summed E-state index contributed by atoms with van der Waals surface area (Å²) in [6.07, 6.45) is 3.21. The zero-order valence-corrected chi connectivity index (χ0v) is 10.7. The highest BCUT2D eigenvalue weighted by Crippen LogP contribution is 2.02. The van der Waals surface area contributed by atoms with Crippen molar-refractivity contribution in [1.29, 1.82) is 0 Å². The number of carbonyl (C=O) groups excluding carboxylic acids is 1. The number of nitrogens with one attached hydrogen (secondary N) is 1. The highest BCUT2D eigenvalue weighted by atomic mass is 16.1. The number of pyridine rings is 1. The molecule has 0 radical (unpaired) electrons. The molecule has 19 heavy (non-hydrogen) atoms. The van der Waals surface area contributed by atoms with Crippen molar-refractivity contribution in [2.45, 2.75) is 26.6 Å². The number of aromatic nitrogens is 4. The largest absolute Gasteiger partial charge is 0.345 e. The van der Waals surface area contributed by atoms with Gasteiger partial charge in [-0.2, -0.15) is 0 Å². The van der Waals surface area contributed by atoms with Crippen molar-refractivity contribution in [3.8, 4) is 0 Å². The fourth-order valence-corrected chi connectivity index (χ4v) is 1.67. The Labute approximate surface area is 110 Å². The first kappa shape index (κ1) is 13.2. The molecule has 7 nitrogen and oxygen atoms in total. The van der Waals surface area contributed by atoms with Crippen molar-refractivity contribution in [3.63, 3.8) is 0 Å². The number of carbonyl (C=O) groups is 1. The number of aryl methyl sites for hydroxylation is 1. The van der Waals surface area contributed by atoms with E-state index in [1.807, 2.05) is 11.5 Å². The first-order chi connectivity index (χ1) is 9.24. The summed E-state index contributed by atoms with van der Waals surface area (Å²) >= 11 is 0. The second kappa shape index (κ2) is 6.05. The van der Waals surface area contributed by atoms with Gasteiger partial charge in [0.15, 0.2) is 5.82 Å². The molecule has 0 saturated heterocycles. The van der Waals surface area contributed by atoms with Crippen LogP contribution in [0.2, 0.25) is 0 Å². The second-order valence-electron chi connectivity index (χ2n) is 3.96. The monoisotopic (exact) mass is 260 g/mol. The van der Waals surface area contributed by atoms with Crippen molar-refractivity contribution in [2.24, 2.45) is 5.73 Å². The minimum absolute atomic E-state index is 0.178. The molecule has 2 aromatic heterocycles. The van der Waals surface area contributed by atoms with Gasteiger partial charge in [-0.15, -0.1) is 10.2 Å². The van der Waals surface area contributed by atoms with E-state index in [2.05, 4.69) is 20.5 Å². The topological polar surface area (TPSA) is 98.7 Å². The van der Waals surface area contributed by atoms with Crippen LogP contribution >= 0.6 is 0 Å². The van der Waals surface area contributed by atoms with E-state index in [9.17, 15) is 4.79 Å². The first-order valence-corrected chi connectivity index (χ1v) is 6.04. The molecule has 0 unspecified atom stereocenters. The summed E-state index contributed by atoms with van der Waals surface area (Å²) in [4.78, 5) is 16.0. The maximum absolute atomic E-state index is 12.0. The first-order valence-electron chi connectivity index (χ1n) is 6.04. The molecule has 0 fully saturated rings. The zero-order valence-electron chi connectivity index (χ0n) is 10.7. The molecule has 0 aliphatic rings. The van der Waals surface area contributed by atoms with Gasteiger partial charge < -0.3 is 15.6 Å². The smallest absolute Gasteiger partial charge is 0.251 e. The number of hydrogen-bond donors (Lipinski definition) is 2. The average molecular weight is 260 g/mol. The third kappa shape index (κ3) is 3.14. The molecule has 0 aromatic carbocycles. The van der Waals surface area contributed by atoms with E-state index >= 15 is 0 Å². The highest BCUT2D eigenvalue weighted by molar-refractivity contribution is 5.94. The van der Waals surface area contributed by atoms with Crippen LogP contribution in [0.3, 0.4) is 0 Å². The van der Waals surface area contributed by atoms with Gasteiger partial charge >= 0.3 is 0 Å². The molecule has 0 aliphatic carbocycles. The molecule has 0 aliphatic heterocycles. The Kier molecular flexibility index (Phi) is 4.19. The van der Waals surface area contributed by atoms with Crippen LogP contribution in [-0.2, 0) is 19.6 Å². The molecule has 0 bridgehead atoms. The lowest BCUT2D eigenvalue weighted by molar-refractivity contribution is 0.0949. The van der Waals surface area contributed by atoms with Crippen molar-refractivity contribution >= 4 is 5.91 Å². The maximum Gasteiger partial charge on any atom is 0.251 e. The lowest BCUT2D eigenvalue weighted by Crippen LogP contribution is -2.25. The van der Waals surface area contributed by atoms with E-state index in [1.165, 1.54) is 0 Å². The highest BCUT2D eigenvalue weighted by Gasteiger charge is 2.08. The van der Waals surface area contributed by atoms with E-state index in [0.717, 1.165) is 12.4 Å². The third-order valence-corrected chi connectivity index (χ3v) is 2.73. The predicted octanol–water partition coefficient (Wildman–Crippen LogP) is 0.0817. The molecule has 1 amide bonds. The van der Waals surface area contributed by atoms with Crippen LogP contribution in [0.25, 0.3) is 0 Å². The summed E-state index contributed by atoms with van der Waals surface area (Å²) in [5, 5.41) is 10.6. The second-order valence-corrected chi connectivity index (χ2v) is 3.96. The lowest BCUT2D eigenvalue weighted by Gasteiger charge is -2.06. The van der Waals surface area contributed by atoms with Crippen LogP contribution in [-0.4, -0.2) is 25.7 Å². The van der Waals surface area contributed by atoms with Gasteiger partial charge in [0.05, 0.1) is 12.2 Å². The Morgan fingerprint density at radius 3 is 3.11 bits per heavy atom. The van der Waals surface area contributed by atoms with Crippen LogP contribution in [0.1, 0.15) is 28.8 Å². The Hall–Kier alpha value is -2.28. The number of nitrogens with zero attached hydrogens (tertiary/aromatic N) is 4. The van der Waals surface area contributed by atoms with Gasteiger partial charge in [-0.05, 0) is 19.1 Å². The summed E-state index contributed by atoms with van der Waals surface area (Å²) < 4.78 is 1.87. The van der Waals surface area contributed by atoms with Crippen LogP contribution < -0.4 is 11.1 Å². The van der Waals surface area contributed by atoms with E-state index in [0.29, 0.717) is 24.3 Å². The standard InChI is InChI=1S/C12H16N6O/c1-2-18-8-16-17-11(18)7-15-12(19)9-3-4-14-10(5-9)6-13/h3-5,8H,2,6-7,13H2,1H3,(H,15,19). The molecule has 0 spiro atoms. The van der Waals surface area contributed by atoms with Crippen molar-refractivity contribution < 1.29 is 4.79 Å². The minimum Gasteiger partial charge on any atom is -0.345 e. The van der Waals surface area contributed by atoms with E-state index < -0.39 is 0 Å². The van der Waals surface area contributed by atoms with Crippen molar-refractivity contribution in [1.82, 2.24) is 25.1 Å². The normalized spacial score (nSPS) is 10.4. The molecule has 3 N–H and O–H groups in total. The molecule has 2 heterocycles. The summed E-state index contributed by atoms with van der Waals surface area (Å²) in [5.74, 6) is 0.548. The Balaban J connectivity index is 2.01. The van der Waals surface area contributed by atoms with E-state index in [1.54, 1.807) is 24.7 Å². The van der Waals surface area contributed by atoms with Gasteiger partial charge in [0.25, 0.3) is 5.91 Å². The molecule has 100 valence electrons. The molecule has 2 rings (SSSR count). The van der Waals surface area contributed by atoms with Crippen LogP contribution in [0, 0.1) is 0 Å². The van der Waals surface area contributed by atoms with Gasteiger partial charge in [-0.25, -0.2) is 0 Å². The van der Waals surface area contributed by atoms with E-state index in [4.69, 9.17) is 5.73 Å². The van der Waals surface area contributed by atoms with Crippen molar-refractivity contribution in [2.75, 3.05) is 0 Å². The molecular formula is C12H16N6O. The number of hydrogen-bond acceptors (Lipinski definition) is 5. The fourth-order valence-electron chi connectivity index (χ4n) is 1.67. The summed E-state index contributed by atoms with van der Waals surface area (Å²) in [6, 6.07) is 3.33. The molecule has 7 heteroatoms. The number of nitrogens with two attached hydrogens (primary N) is 1. The molecule has 2 aromatic rings. The van der Waals surface area contributed by atoms with Crippen LogP contribution in [0.5, 0.6) is 0 Å². The van der Waals surface area contributed by atoms with Gasteiger partial charge in [0.2, 0.25) is 0 Å². The third-order valence-electron chi connectivity index (χ3n) is 2.73.